The Balaban J connectivity index is 2.03. The molecule has 1 unspecified atom stereocenters. The van der Waals surface area contributed by atoms with E-state index in [1.165, 1.54) is 0 Å². The Morgan fingerprint density at radius 3 is 2.37 bits per heavy atom. The summed E-state index contributed by atoms with van der Waals surface area (Å²) in [5.41, 5.74) is 0.717. The number of alkyl halides is 2. The zero-order chi connectivity index (χ0) is 14.2. The SMILES string of the molecule is O=C1OC(CNc2c(Br)cc(Br)cc2Br)CC1(F)F. The standard InChI is InChI=1S/C11H8Br3F2NO2/c12-5-1-7(13)9(8(14)2-5)17-4-6-3-11(15,16)10(18)19-6/h1-2,6,17H,3-4H2. The second kappa shape index (κ2) is 5.65. The van der Waals surface area contributed by atoms with E-state index >= 15 is 0 Å². The van der Waals surface area contributed by atoms with Gasteiger partial charge in [-0.3, -0.25) is 0 Å². The van der Waals surface area contributed by atoms with Gasteiger partial charge in [0.15, 0.2) is 0 Å². The highest BCUT2D eigenvalue weighted by Crippen LogP contribution is 2.35. The molecule has 1 aromatic rings. The van der Waals surface area contributed by atoms with Crippen LogP contribution in [-0.4, -0.2) is 24.5 Å². The molecule has 104 valence electrons. The van der Waals surface area contributed by atoms with Gasteiger partial charge in [0, 0.05) is 13.4 Å². The number of halogens is 5. The number of hydrogen-bond acceptors (Lipinski definition) is 3. The molecule has 1 aliphatic rings. The Morgan fingerprint density at radius 2 is 1.89 bits per heavy atom. The van der Waals surface area contributed by atoms with Crippen LogP contribution in [0.5, 0.6) is 0 Å². The van der Waals surface area contributed by atoms with Gasteiger partial charge < -0.3 is 10.1 Å². The molecule has 0 bridgehead atoms. The molecule has 1 N–H and O–H groups in total. The number of carbonyl (C=O) groups is 1. The minimum absolute atomic E-state index is 0.125. The summed E-state index contributed by atoms with van der Waals surface area (Å²) in [7, 11) is 0. The Morgan fingerprint density at radius 1 is 1.32 bits per heavy atom. The lowest BCUT2D eigenvalue weighted by molar-refractivity contribution is -0.158. The monoisotopic (exact) mass is 461 g/mol. The first-order valence-corrected chi connectivity index (χ1v) is 7.65. The van der Waals surface area contributed by atoms with Crippen LogP contribution >= 0.6 is 47.8 Å². The fourth-order valence-electron chi connectivity index (χ4n) is 1.69. The zero-order valence-electron chi connectivity index (χ0n) is 9.35. The van der Waals surface area contributed by atoms with E-state index in [2.05, 4.69) is 57.8 Å². The smallest absolute Gasteiger partial charge is 0.377 e. The van der Waals surface area contributed by atoms with Crippen LogP contribution in [0.15, 0.2) is 25.6 Å². The normalized spacial score (nSPS) is 21.3. The van der Waals surface area contributed by atoms with Crippen LogP contribution in [0.4, 0.5) is 14.5 Å². The second-order valence-corrected chi connectivity index (χ2v) is 6.69. The fourth-order valence-corrected chi connectivity index (χ4v) is 4.23. The van der Waals surface area contributed by atoms with Crippen molar-refractivity contribution in [2.75, 3.05) is 11.9 Å². The molecule has 0 amide bonds. The molecular formula is C11H8Br3F2NO2. The van der Waals surface area contributed by atoms with E-state index in [0.717, 1.165) is 19.1 Å². The van der Waals surface area contributed by atoms with E-state index < -0.39 is 24.4 Å². The highest BCUT2D eigenvalue weighted by Gasteiger charge is 2.50. The van der Waals surface area contributed by atoms with E-state index in [1.54, 1.807) is 0 Å². The summed E-state index contributed by atoms with van der Waals surface area (Å²) in [6, 6.07) is 3.64. The minimum Gasteiger partial charge on any atom is -0.456 e. The van der Waals surface area contributed by atoms with Gasteiger partial charge in [-0.15, -0.1) is 0 Å². The molecule has 1 fully saturated rings. The van der Waals surface area contributed by atoms with Crippen LogP contribution in [0, 0.1) is 0 Å². The summed E-state index contributed by atoms with van der Waals surface area (Å²) in [6.45, 7) is 0.125. The molecule has 8 heteroatoms. The number of nitrogens with one attached hydrogen (secondary N) is 1. The predicted molar refractivity (Wildman–Crippen MR) is 77.5 cm³/mol. The van der Waals surface area contributed by atoms with Gasteiger partial charge in [-0.25, -0.2) is 4.79 Å². The van der Waals surface area contributed by atoms with Crippen molar-refractivity contribution >= 4 is 59.4 Å². The van der Waals surface area contributed by atoms with Crippen LogP contribution in [-0.2, 0) is 9.53 Å². The van der Waals surface area contributed by atoms with Gasteiger partial charge in [-0.05, 0) is 44.0 Å². The predicted octanol–water partition coefficient (Wildman–Crippen LogP) is 4.34. The van der Waals surface area contributed by atoms with E-state index in [4.69, 9.17) is 0 Å². The lowest BCUT2D eigenvalue weighted by Gasteiger charge is -2.14. The summed E-state index contributed by atoms with van der Waals surface area (Å²) in [4.78, 5) is 10.9. The van der Waals surface area contributed by atoms with E-state index in [9.17, 15) is 13.6 Å². The fraction of sp³-hybridized carbons (Fsp3) is 0.364. The number of ether oxygens (including phenoxy) is 1. The number of anilines is 1. The van der Waals surface area contributed by atoms with Gasteiger partial charge >= 0.3 is 11.9 Å². The van der Waals surface area contributed by atoms with Gasteiger partial charge in [0.25, 0.3) is 0 Å². The third-order valence-electron chi connectivity index (χ3n) is 2.57. The summed E-state index contributed by atoms with van der Waals surface area (Å²) < 4.78 is 33.0. The number of cyclic esters (lactones) is 1. The average Bonchev–Trinajstić information content (AvgIpc) is 2.51. The molecule has 0 spiro atoms. The maximum atomic E-state index is 13.0. The highest BCUT2D eigenvalue weighted by atomic mass is 79.9. The second-order valence-electron chi connectivity index (χ2n) is 4.06. The van der Waals surface area contributed by atoms with Crippen LogP contribution < -0.4 is 5.32 Å². The van der Waals surface area contributed by atoms with Crippen LogP contribution in [0.3, 0.4) is 0 Å². The topological polar surface area (TPSA) is 38.3 Å². The molecule has 0 aliphatic carbocycles. The van der Waals surface area contributed by atoms with E-state index in [0.29, 0.717) is 0 Å². The Kier molecular flexibility index (Phi) is 4.52. The maximum absolute atomic E-state index is 13.0. The maximum Gasteiger partial charge on any atom is 0.377 e. The van der Waals surface area contributed by atoms with Crippen molar-refractivity contribution < 1.29 is 18.3 Å². The number of hydrogen-bond donors (Lipinski definition) is 1. The first-order chi connectivity index (χ1) is 8.79. The van der Waals surface area contributed by atoms with E-state index in [1.807, 2.05) is 12.1 Å². The van der Waals surface area contributed by atoms with Crippen molar-refractivity contribution in [3.63, 3.8) is 0 Å². The molecule has 19 heavy (non-hydrogen) atoms. The largest absolute Gasteiger partial charge is 0.456 e. The molecule has 0 radical (unpaired) electrons. The summed E-state index contributed by atoms with van der Waals surface area (Å²) in [6.07, 6.45) is -1.42. The third kappa shape index (κ3) is 3.46. The molecule has 1 aliphatic heterocycles. The van der Waals surface area contributed by atoms with Gasteiger partial charge in [-0.1, -0.05) is 15.9 Å². The van der Waals surface area contributed by atoms with Crippen molar-refractivity contribution in [1.82, 2.24) is 0 Å². The minimum atomic E-state index is -3.37. The summed E-state index contributed by atoms with van der Waals surface area (Å²) in [5.74, 6) is -4.83. The van der Waals surface area contributed by atoms with Crippen molar-refractivity contribution in [2.45, 2.75) is 18.4 Å². The molecule has 1 atom stereocenters. The molecule has 0 aromatic heterocycles. The van der Waals surface area contributed by atoms with E-state index in [-0.39, 0.29) is 6.54 Å². The average molecular weight is 464 g/mol. The first-order valence-electron chi connectivity index (χ1n) is 5.27. The van der Waals surface area contributed by atoms with Gasteiger partial charge in [-0.2, -0.15) is 8.78 Å². The van der Waals surface area contributed by atoms with Gasteiger partial charge in [0.2, 0.25) is 0 Å². The number of esters is 1. The third-order valence-corrected chi connectivity index (χ3v) is 4.28. The molecule has 2 rings (SSSR count). The van der Waals surface area contributed by atoms with Crippen LogP contribution in [0.25, 0.3) is 0 Å². The van der Waals surface area contributed by atoms with Crippen molar-refractivity contribution in [3.05, 3.63) is 25.6 Å². The van der Waals surface area contributed by atoms with Crippen molar-refractivity contribution in [3.8, 4) is 0 Å². The molecule has 1 aromatic carbocycles. The van der Waals surface area contributed by atoms with Gasteiger partial charge in [0.1, 0.15) is 6.10 Å². The molecule has 0 saturated carbocycles. The molecule has 1 saturated heterocycles. The number of carbonyl (C=O) groups excluding carboxylic acids is 1. The van der Waals surface area contributed by atoms with Crippen molar-refractivity contribution in [2.24, 2.45) is 0 Å². The Hall–Kier alpha value is -0.210. The van der Waals surface area contributed by atoms with Crippen LogP contribution in [0.1, 0.15) is 6.42 Å². The summed E-state index contributed by atoms with van der Waals surface area (Å²) in [5, 5.41) is 2.98. The van der Waals surface area contributed by atoms with Gasteiger partial charge in [0.05, 0.1) is 18.7 Å². The number of rotatable bonds is 3. The lowest BCUT2D eigenvalue weighted by atomic mass is 10.2. The van der Waals surface area contributed by atoms with Crippen molar-refractivity contribution in [1.29, 1.82) is 0 Å². The molecule has 1 heterocycles. The first kappa shape index (κ1) is 15.2. The molecular weight excluding hydrogens is 456 g/mol. The quantitative estimate of drug-likeness (QED) is 0.678. The molecule has 3 nitrogen and oxygen atoms in total. The Labute approximate surface area is 133 Å². The lowest BCUT2D eigenvalue weighted by Crippen LogP contribution is -2.22. The Bertz CT molecular complexity index is 502. The summed E-state index contributed by atoms with van der Waals surface area (Å²) >= 11 is 10.1. The zero-order valence-corrected chi connectivity index (χ0v) is 14.1. The van der Waals surface area contributed by atoms with Crippen LogP contribution in [0.2, 0.25) is 0 Å². The number of benzene rings is 1. The highest BCUT2D eigenvalue weighted by molar-refractivity contribution is 9.11.